The van der Waals surface area contributed by atoms with E-state index < -0.39 is 27.5 Å². The monoisotopic (exact) mass is 209 g/mol. The molecule has 0 aliphatic heterocycles. The van der Waals surface area contributed by atoms with Crippen LogP contribution in [0.1, 0.15) is 12.8 Å². The van der Waals surface area contributed by atoms with E-state index in [0.29, 0.717) is 0 Å². The van der Waals surface area contributed by atoms with Crippen LogP contribution in [-0.4, -0.2) is 36.9 Å². The Morgan fingerprint density at radius 2 is 1.85 bits per heavy atom. The van der Waals surface area contributed by atoms with E-state index in [0.717, 1.165) is 0 Å². The highest BCUT2D eigenvalue weighted by molar-refractivity contribution is 7.92. The normalized spacial score (nSPS) is 11.1. The van der Waals surface area contributed by atoms with E-state index in [1.54, 1.807) is 0 Å². The van der Waals surface area contributed by atoms with Gasteiger partial charge < -0.3 is 10.8 Å². The number of amides is 1. The van der Waals surface area contributed by atoms with Gasteiger partial charge in [0.2, 0.25) is 5.91 Å². The topological polar surface area (TPSA) is 115 Å². The van der Waals surface area contributed by atoms with Gasteiger partial charge in [0, 0.05) is 6.42 Å². The summed E-state index contributed by atoms with van der Waals surface area (Å²) < 4.78 is 21.9. The Bertz CT molecular complexity index is 294. The van der Waals surface area contributed by atoms with Gasteiger partial charge in [-0.25, -0.2) is 8.42 Å². The second-order valence-electron chi connectivity index (χ2n) is 2.56. The highest BCUT2D eigenvalue weighted by atomic mass is 32.2. The van der Waals surface area contributed by atoms with Gasteiger partial charge in [-0.1, -0.05) is 0 Å². The van der Waals surface area contributed by atoms with Gasteiger partial charge in [-0.05, 0) is 6.42 Å². The van der Waals surface area contributed by atoms with Crippen LogP contribution < -0.4 is 5.73 Å². The average Bonchev–Trinajstić information content (AvgIpc) is 1.81. The minimum atomic E-state index is -3.51. The molecule has 0 heterocycles. The summed E-state index contributed by atoms with van der Waals surface area (Å²) in [4.78, 5) is 20.3. The van der Waals surface area contributed by atoms with Crippen LogP contribution in [0.25, 0.3) is 0 Å². The zero-order valence-corrected chi connectivity index (χ0v) is 7.71. The molecule has 0 rings (SSSR count). The van der Waals surface area contributed by atoms with E-state index in [1.165, 1.54) is 0 Å². The molecule has 0 radical (unpaired) electrons. The summed E-state index contributed by atoms with van der Waals surface area (Å²) in [5.74, 6) is -3.01. The van der Waals surface area contributed by atoms with Crippen LogP contribution in [0.5, 0.6) is 0 Å². The van der Waals surface area contributed by atoms with Crippen molar-refractivity contribution in [2.24, 2.45) is 5.73 Å². The summed E-state index contributed by atoms with van der Waals surface area (Å²) in [6.07, 6.45) is -0.219. The first kappa shape index (κ1) is 11.9. The van der Waals surface area contributed by atoms with E-state index in [1.807, 2.05) is 0 Å². The first-order valence-electron chi connectivity index (χ1n) is 3.54. The van der Waals surface area contributed by atoms with E-state index in [9.17, 15) is 18.0 Å². The lowest BCUT2D eigenvalue weighted by Crippen LogP contribution is -2.25. The summed E-state index contributed by atoms with van der Waals surface area (Å²) >= 11 is 0. The number of carboxylic acid groups (broad SMARTS) is 1. The Balaban J connectivity index is 3.91. The van der Waals surface area contributed by atoms with Gasteiger partial charge in [-0.3, -0.25) is 9.59 Å². The fourth-order valence-electron chi connectivity index (χ4n) is 0.732. The molecule has 0 saturated carbocycles. The lowest BCUT2D eigenvalue weighted by atomic mass is 10.3. The summed E-state index contributed by atoms with van der Waals surface area (Å²) in [6.45, 7) is 0. The number of carbonyl (C=O) groups is 2. The predicted octanol–water partition coefficient (Wildman–Crippen LogP) is -1.25. The van der Waals surface area contributed by atoms with Crippen molar-refractivity contribution in [3.63, 3.8) is 0 Å². The van der Waals surface area contributed by atoms with Gasteiger partial charge in [0.05, 0.1) is 5.75 Å². The molecule has 0 atom stereocenters. The van der Waals surface area contributed by atoms with Crippen molar-refractivity contribution in [1.82, 2.24) is 0 Å². The van der Waals surface area contributed by atoms with Gasteiger partial charge in [-0.2, -0.15) is 0 Å². The Hall–Kier alpha value is -1.11. The van der Waals surface area contributed by atoms with Crippen LogP contribution in [-0.2, 0) is 19.4 Å². The number of carbonyl (C=O) groups excluding carboxylic acids is 1. The first-order valence-corrected chi connectivity index (χ1v) is 5.36. The number of rotatable bonds is 6. The summed E-state index contributed by atoms with van der Waals surface area (Å²) in [5, 5.41) is 8.21. The first-order chi connectivity index (χ1) is 5.83. The molecule has 0 saturated heterocycles. The molecule has 0 aromatic carbocycles. The molecule has 0 aliphatic carbocycles. The molecular weight excluding hydrogens is 198 g/mol. The molecule has 0 spiro atoms. The van der Waals surface area contributed by atoms with Gasteiger partial charge in [-0.15, -0.1) is 0 Å². The molecule has 0 bridgehead atoms. The summed E-state index contributed by atoms with van der Waals surface area (Å²) in [7, 11) is -3.51. The van der Waals surface area contributed by atoms with Crippen molar-refractivity contribution in [2.75, 3.05) is 11.5 Å². The van der Waals surface area contributed by atoms with Crippen molar-refractivity contribution in [1.29, 1.82) is 0 Å². The predicted molar refractivity (Wildman–Crippen MR) is 44.7 cm³/mol. The van der Waals surface area contributed by atoms with E-state index >= 15 is 0 Å². The number of hydrogen-bond acceptors (Lipinski definition) is 4. The minimum absolute atomic E-state index is 0.00491. The number of hydrogen-bond donors (Lipinski definition) is 2. The quantitative estimate of drug-likeness (QED) is 0.567. The Morgan fingerprint density at radius 1 is 1.31 bits per heavy atom. The van der Waals surface area contributed by atoms with Crippen LogP contribution in [0, 0.1) is 0 Å². The third-order valence-corrected chi connectivity index (χ3v) is 2.84. The second kappa shape index (κ2) is 4.80. The van der Waals surface area contributed by atoms with Gasteiger partial charge in [0.15, 0.2) is 9.84 Å². The largest absolute Gasteiger partial charge is 0.481 e. The van der Waals surface area contributed by atoms with E-state index in [2.05, 4.69) is 5.73 Å². The minimum Gasteiger partial charge on any atom is -0.481 e. The third-order valence-electron chi connectivity index (χ3n) is 1.21. The molecule has 1 amide bonds. The van der Waals surface area contributed by atoms with E-state index in [-0.39, 0.29) is 18.6 Å². The fourth-order valence-corrected chi connectivity index (χ4v) is 1.89. The third kappa shape index (κ3) is 7.26. The fraction of sp³-hybridized carbons (Fsp3) is 0.667. The molecule has 0 aliphatic rings. The van der Waals surface area contributed by atoms with E-state index in [4.69, 9.17) is 5.11 Å². The SMILES string of the molecule is NC(=O)CS(=O)(=O)CCCC(=O)O. The number of primary amides is 1. The maximum absolute atomic E-state index is 10.9. The smallest absolute Gasteiger partial charge is 0.303 e. The van der Waals surface area contributed by atoms with Crippen molar-refractivity contribution in [3.8, 4) is 0 Å². The van der Waals surface area contributed by atoms with Crippen molar-refractivity contribution < 1.29 is 23.1 Å². The summed E-state index contributed by atoms with van der Waals surface area (Å²) in [6, 6.07) is 0. The van der Waals surface area contributed by atoms with Crippen LogP contribution in [0.15, 0.2) is 0 Å². The Morgan fingerprint density at radius 3 is 2.23 bits per heavy atom. The van der Waals surface area contributed by atoms with Gasteiger partial charge >= 0.3 is 5.97 Å². The van der Waals surface area contributed by atoms with Crippen LogP contribution in [0.3, 0.4) is 0 Å². The Kier molecular flexibility index (Phi) is 4.39. The van der Waals surface area contributed by atoms with Crippen LogP contribution in [0.2, 0.25) is 0 Å². The number of carboxylic acids is 1. The molecule has 6 nitrogen and oxygen atoms in total. The maximum atomic E-state index is 10.9. The molecule has 0 fully saturated rings. The van der Waals surface area contributed by atoms with Crippen LogP contribution in [0.4, 0.5) is 0 Å². The zero-order chi connectivity index (χ0) is 10.5. The van der Waals surface area contributed by atoms with Crippen molar-refractivity contribution in [3.05, 3.63) is 0 Å². The van der Waals surface area contributed by atoms with Crippen LogP contribution >= 0.6 is 0 Å². The van der Waals surface area contributed by atoms with Gasteiger partial charge in [0.25, 0.3) is 0 Å². The number of aliphatic carboxylic acids is 1. The zero-order valence-electron chi connectivity index (χ0n) is 6.89. The summed E-state index contributed by atoms with van der Waals surface area (Å²) in [5.41, 5.74) is 4.68. The highest BCUT2D eigenvalue weighted by Gasteiger charge is 2.14. The van der Waals surface area contributed by atoms with Crippen molar-refractivity contribution in [2.45, 2.75) is 12.8 Å². The Labute approximate surface area is 75.6 Å². The number of nitrogens with two attached hydrogens (primary N) is 1. The second-order valence-corrected chi connectivity index (χ2v) is 4.74. The molecule has 3 N–H and O–H groups in total. The molecule has 0 unspecified atom stereocenters. The number of sulfone groups is 1. The lowest BCUT2D eigenvalue weighted by Gasteiger charge is -1.99. The standard InChI is InChI=1S/C6H11NO5S/c7-5(8)4-13(11,12)3-1-2-6(9)10/h1-4H2,(H2,7,8)(H,9,10). The molecular formula is C6H11NO5S. The van der Waals surface area contributed by atoms with Gasteiger partial charge in [0.1, 0.15) is 5.75 Å². The lowest BCUT2D eigenvalue weighted by molar-refractivity contribution is -0.137. The molecule has 76 valence electrons. The molecule has 0 aromatic heterocycles. The average molecular weight is 209 g/mol. The highest BCUT2D eigenvalue weighted by Crippen LogP contribution is 1.97. The molecule has 0 aromatic rings. The maximum Gasteiger partial charge on any atom is 0.303 e. The van der Waals surface area contributed by atoms with Crippen molar-refractivity contribution >= 4 is 21.7 Å². The molecule has 13 heavy (non-hydrogen) atoms. The molecule has 7 heteroatoms.